The Balaban J connectivity index is 1.57. The van der Waals surface area contributed by atoms with Crippen LogP contribution in [-0.2, 0) is 16.6 Å². The second kappa shape index (κ2) is 9.50. The maximum Gasteiger partial charge on any atom is 0.262 e. The van der Waals surface area contributed by atoms with Crippen LogP contribution in [0.25, 0.3) is 0 Å². The molecule has 0 saturated heterocycles. The minimum absolute atomic E-state index is 0.138. The highest BCUT2D eigenvalue weighted by Gasteiger charge is 2.23. The Morgan fingerprint density at radius 3 is 2.58 bits per heavy atom. The highest BCUT2D eigenvalue weighted by atomic mass is 32.2. The predicted molar refractivity (Wildman–Crippen MR) is 121 cm³/mol. The quantitative estimate of drug-likeness (QED) is 0.563. The number of rotatable bonds is 7. The SMILES string of the molecule is CCN(Cc1cccc2c1OCCO2)C(=O)c1cccc(S(=O)(=O)Nc2ccccc2F)c1. The highest BCUT2D eigenvalue weighted by Crippen LogP contribution is 2.34. The fraction of sp³-hybridized carbons (Fsp3) is 0.208. The van der Waals surface area contributed by atoms with E-state index in [2.05, 4.69) is 4.72 Å². The minimum Gasteiger partial charge on any atom is -0.486 e. The zero-order valence-corrected chi connectivity index (χ0v) is 18.8. The maximum absolute atomic E-state index is 13.9. The first-order valence-corrected chi connectivity index (χ1v) is 11.9. The van der Waals surface area contributed by atoms with Crippen LogP contribution in [-0.4, -0.2) is 39.0 Å². The molecule has 0 aliphatic carbocycles. The molecule has 1 aliphatic rings. The van der Waals surface area contributed by atoms with Crippen molar-refractivity contribution >= 4 is 21.6 Å². The molecule has 7 nitrogen and oxygen atoms in total. The van der Waals surface area contributed by atoms with Crippen molar-refractivity contribution < 1.29 is 27.1 Å². The van der Waals surface area contributed by atoms with Gasteiger partial charge in [-0.05, 0) is 43.3 Å². The summed E-state index contributed by atoms with van der Waals surface area (Å²) in [6, 6.07) is 16.7. The summed E-state index contributed by atoms with van der Waals surface area (Å²) in [7, 11) is -4.09. The number of anilines is 1. The molecule has 33 heavy (non-hydrogen) atoms. The molecule has 0 bridgehead atoms. The fourth-order valence-electron chi connectivity index (χ4n) is 3.52. The van der Waals surface area contributed by atoms with Crippen molar-refractivity contribution in [3.8, 4) is 11.5 Å². The number of hydrogen-bond donors (Lipinski definition) is 1. The number of ether oxygens (including phenoxy) is 2. The largest absolute Gasteiger partial charge is 0.486 e. The Bertz CT molecular complexity index is 1280. The molecule has 0 saturated carbocycles. The number of halogens is 1. The van der Waals surface area contributed by atoms with Gasteiger partial charge in [-0.25, -0.2) is 12.8 Å². The van der Waals surface area contributed by atoms with E-state index in [1.165, 1.54) is 36.4 Å². The van der Waals surface area contributed by atoms with E-state index < -0.39 is 15.8 Å². The van der Waals surface area contributed by atoms with Crippen LogP contribution >= 0.6 is 0 Å². The Labute approximate surface area is 191 Å². The normalized spacial score (nSPS) is 12.8. The number of sulfonamides is 1. The number of amides is 1. The Morgan fingerprint density at radius 2 is 1.79 bits per heavy atom. The molecule has 4 rings (SSSR count). The molecule has 0 atom stereocenters. The summed E-state index contributed by atoms with van der Waals surface area (Å²) < 4.78 is 53.1. The van der Waals surface area contributed by atoms with E-state index in [-0.39, 0.29) is 28.6 Å². The minimum atomic E-state index is -4.09. The van der Waals surface area contributed by atoms with Crippen LogP contribution in [0.4, 0.5) is 10.1 Å². The fourth-order valence-corrected chi connectivity index (χ4v) is 4.63. The summed E-state index contributed by atoms with van der Waals surface area (Å²) in [5.41, 5.74) is 0.836. The lowest BCUT2D eigenvalue weighted by atomic mass is 10.1. The number of para-hydroxylation sites is 2. The van der Waals surface area contributed by atoms with Crippen LogP contribution in [0.2, 0.25) is 0 Å². The number of carbonyl (C=O) groups is 1. The van der Waals surface area contributed by atoms with E-state index in [1.54, 1.807) is 11.0 Å². The monoisotopic (exact) mass is 470 g/mol. The number of benzene rings is 3. The van der Waals surface area contributed by atoms with Crippen LogP contribution in [0.5, 0.6) is 11.5 Å². The van der Waals surface area contributed by atoms with Crippen LogP contribution in [0, 0.1) is 5.82 Å². The van der Waals surface area contributed by atoms with Gasteiger partial charge in [0.25, 0.3) is 15.9 Å². The third-order valence-electron chi connectivity index (χ3n) is 5.19. The van der Waals surface area contributed by atoms with Gasteiger partial charge in [-0.1, -0.05) is 30.3 Å². The van der Waals surface area contributed by atoms with Gasteiger partial charge in [0.1, 0.15) is 19.0 Å². The van der Waals surface area contributed by atoms with E-state index in [0.29, 0.717) is 31.3 Å². The summed E-state index contributed by atoms with van der Waals surface area (Å²) in [4.78, 5) is 14.7. The molecule has 9 heteroatoms. The Hall–Kier alpha value is -3.59. The summed E-state index contributed by atoms with van der Waals surface area (Å²) in [5.74, 6) is 0.215. The average Bonchev–Trinajstić information content (AvgIpc) is 2.83. The topological polar surface area (TPSA) is 84.9 Å². The number of fused-ring (bicyclic) bond motifs is 1. The third kappa shape index (κ3) is 4.93. The van der Waals surface area contributed by atoms with Gasteiger partial charge in [-0.2, -0.15) is 0 Å². The van der Waals surface area contributed by atoms with Gasteiger partial charge in [-0.15, -0.1) is 0 Å². The lowest BCUT2D eigenvalue weighted by molar-refractivity contribution is 0.0749. The van der Waals surface area contributed by atoms with Gasteiger partial charge in [0.15, 0.2) is 11.5 Å². The van der Waals surface area contributed by atoms with E-state index in [9.17, 15) is 17.6 Å². The molecule has 0 aromatic heterocycles. The Morgan fingerprint density at radius 1 is 1.03 bits per heavy atom. The first-order valence-electron chi connectivity index (χ1n) is 10.4. The van der Waals surface area contributed by atoms with Crippen molar-refractivity contribution in [1.82, 2.24) is 4.90 Å². The van der Waals surface area contributed by atoms with Crippen LogP contribution in [0.3, 0.4) is 0 Å². The van der Waals surface area contributed by atoms with Gasteiger partial charge in [0.2, 0.25) is 0 Å². The molecule has 172 valence electrons. The summed E-state index contributed by atoms with van der Waals surface area (Å²) in [6.45, 7) is 3.40. The molecule has 1 aliphatic heterocycles. The van der Waals surface area contributed by atoms with Crippen LogP contribution in [0.1, 0.15) is 22.8 Å². The zero-order chi connectivity index (χ0) is 23.4. The molecule has 3 aromatic carbocycles. The lowest BCUT2D eigenvalue weighted by Gasteiger charge is -2.25. The van der Waals surface area contributed by atoms with Gasteiger partial charge in [0.05, 0.1) is 10.6 Å². The number of carbonyl (C=O) groups excluding carboxylic acids is 1. The Kier molecular flexibility index (Phi) is 6.50. The van der Waals surface area contributed by atoms with Gasteiger partial charge in [0, 0.05) is 24.2 Å². The molecule has 1 heterocycles. The van der Waals surface area contributed by atoms with E-state index in [4.69, 9.17) is 9.47 Å². The van der Waals surface area contributed by atoms with Crippen molar-refractivity contribution in [2.24, 2.45) is 0 Å². The van der Waals surface area contributed by atoms with Crippen LogP contribution in [0.15, 0.2) is 71.6 Å². The summed E-state index contributed by atoms with van der Waals surface area (Å²) >= 11 is 0. The lowest BCUT2D eigenvalue weighted by Crippen LogP contribution is -2.31. The van der Waals surface area contributed by atoms with Crippen molar-refractivity contribution in [2.75, 3.05) is 24.5 Å². The van der Waals surface area contributed by atoms with E-state index in [0.717, 1.165) is 11.6 Å². The molecule has 0 spiro atoms. The molecule has 0 unspecified atom stereocenters. The van der Waals surface area contributed by atoms with Gasteiger partial charge >= 0.3 is 0 Å². The second-order valence-electron chi connectivity index (χ2n) is 7.37. The van der Waals surface area contributed by atoms with Crippen LogP contribution < -0.4 is 14.2 Å². The standard InChI is InChI=1S/C24H23FN2O5S/c1-2-27(16-18-8-6-12-22-23(18)32-14-13-31-22)24(28)17-7-5-9-19(15-17)33(29,30)26-21-11-4-3-10-20(21)25/h3-12,15,26H,2,13-14,16H2,1H3. The average molecular weight is 471 g/mol. The maximum atomic E-state index is 13.9. The first kappa shape index (κ1) is 22.6. The molecular weight excluding hydrogens is 447 g/mol. The molecule has 1 N–H and O–H groups in total. The van der Waals surface area contributed by atoms with Gasteiger partial charge in [-0.3, -0.25) is 9.52 Å². The smallest absolute Gasteiger partial charge is 0.262 e. The molecule has 0 fully saturated rings. The number of nitrogens with zero attached hydrogens (tertiary/aromatic N) is 1. The van der Waals surface area contributed by atoms with Crippen molar-refractivity contribution in [1.29, 1.82) is 0 Å². The predicted octanol–water partition coefficient (Wildman–Crippen LogP) is 4.06. The van der Waals surface area contributed by atoms with Crippen molar-refractivity contribution in [2.45, 2.75) is 18.4 Å². The van der Waals surface area contributed by atoms with Gasteiger partial charge < -0.3 is 14.4 Å². The van der Waals surface area contributed by atoms with E-state index >= 15 is 0 Å². The molecule has 0 radical (unpaired) electrons. The van der Waals surface area contributed by atoms with Crippen molar-refractivity contribution in [3.63, 3.8) is 0 Å². The van der Waals surface area contributed by atoms with E-state index in [1.807, 2.05) is 25.1 Å². The summed E-state index contributed by atoms with van der Waals surface area (Å²) in [6.07, 6.45) is 0. The first-order chi connectivity index (χ1) is 15.9. The number of hydrogen-bond acceptors (Lipinski definition) is 5. The third-order valence-corrected chi connectivity index (χ3v) is 6.55. The molecular formula is C24H23FN2O5S. The van der Waals surface area contributed by atoms with Crippen molar-refractivity contribution in [3.05, 3.63) is 83.7 Å². The molecule has 1 amide bonds. The number of nitrogens with one attached hydrogen (secondary N) is 1. The zero-order valence-electron chi connectivity index (χ0n) is 18.0. The summed E-state index contributed by atoms with van der Waals surface area (Å²) in [5, 5.41) is 0. The second-order valence-corrected chi connectivity index (χ2v) is 9.06. The highest BCUT2D eigenvalue weighted by molar-refractivity contribution is 7.92. The molecule has 3 aromatic rings.